The third-order valence-corrected chi connectivity index (χ3v) is 5.44. The first-order valence-electron chi connectivity index (χ1n) is 9.64. The Labute approximate surface area is 177 Å². The summed E-state index contributed by atoms with van der Waals surface area (Å²) in [7, 11) is 0. The van der Waals surface area contributed by atoms with Gasteiger partial charge in [0.25, 0.3) is 5.91 Å². The van der Waals surface area contributed by atoms with Crippen molar-refractivity contribution in [1.82, 2.24) is 14.7 Å². The van der Waals surface area contributed by atoms with E-state index >= 15 is 0 Å². The number of nitrogens with zero attached hydrogens (tertiary/aromatic N) is 3. The molecule has 0 spiro atoms. The van der Waals surface area contributed by atoms with Gasteiger partial charge in [-0.1, -0.05) is 17.7 Å². The van der Waals surface area contributed by atoms with E-state index in [1.165, 1.54) is 6.07 Å². The Balaban J connectivity index is 1.41. The lowest BCUT2D eigenvalue weighted by Crippen LogP contribution is -2.42. The maximum absolute atomic E-state index is 13.8. The molecule has 1 aliphatic heterocycles. The third kappa shape index (κ3) is 4.16. The van der Waals surface area contributed by atoms with Crippen molar-refractivity contribution in [3.05, 3.63) is 76.6 Å². The van der Waals surface area contributed by atoms with Crippen LogP contribution in [-0.4, -0.2) is 39.8 Å². The molecule has 8 heteroatoms. The van der Waals surface area contributed by atoms with E-state index in [1.54, 1.807) is 27.9 Å². The molecule has 4 rings (SSSR count). The highest BCUT2D eigenvalue weighted by Gasteiger charge is 2.27. The number of carbonyl (C=O) groups excluding carboxylic acids is 1. The van der Waals surface area contributed by atoms with Crippen molar-refractivity contribution < 1.29 is 18.3 Å². The average Bonchev–Trinajstić information content (AvgIpc) is 3.11. The van der Waals surface area contributed by atoms with E-state index < -0.39 is 11.6 Å². The van der Waals surface area contributed by atoms with Gasteiger partial charge in [0, 0.05) is 37.0 Å². The molecule has 156 valence electrons. The van der Waals surface area contributed by atoms with Gasteiger partial charge in [-0.05, 0) is 37.3 Å². The Hall–Kier alpha value is -2.93. The Bertz CT molecular complexity index is 1080. The Kier molecular flexibility index (Phi) is 5.72. The summed E-state index contributed by atoms with van der Waals surface area (Å²) in [5, 5.41) is 4.94. The number of rotatable bonds is 4. The lowest BCUT2D eigenvalue weighted by Gasteiger charge is -2.32. The van der Waals surface area contributed by atoms with Crippen LogP contribution in [0.4, 0.5) is 8.78 Å². The molecule has 0 bridgehead atoms. The van der Waals surface area contributed by atoms with Crippen molar-refractivity contribution in [2.45, 2.75) is 25.9 Å². The molecule has 0 N–H and O–H groups in total. The van der Waals surface area contributed by atoms with Gasteiger partial charge in [0.15, 0.2) is 11.6 Å². The summed E-state index contributed by atoms with van der Waals surface area (Å²) in [6.07, 6.45) is 2.45. The largest absolute Gasteiger partial charge is 0.487 e. The molecule has 2 aromatic carbocycles. The summed E-state index contributed by atoms with van der Waals surface area (Å²) in [5.74, 6) is -1.45. The number of benzene rings is 2. The average molecular weight is 432 g/mol. The number of halogens is 3. The van der Waals surface area contributed by atoms with Gasteiger partial charge in [-0.3, -0.25) is 4.79 Å². The lowest BCUT2D eigenvalue weighted by molar-refractivity contribution is 0.0587. The molecule has 0 atom stereocenters. The lowest BCUT2D eigenvalue weighted by atomic mass is 10.1. The molecule has 1 amide bonds. The quantitative estimate of drug-likeness (QED) is 0.596. The first-order valence-corrected chi connectivity index (χ1v) is 10.0. The predicted octanol–water partition coefficient (Wildman–Crippen LogP) is 4.80. The predicted molar refractivity (Wildman–Crippen MR) is 109 cm³/mol. The zero-order valence-corrected chi connectivity index (χ0v) is 17.1. The van der Waals surface area contributed by atoms with E-state index in [1.807, 2.05) is 19.1 Å². The Morgan fingerprint density at radius 3 is 2.63 bits per heavy atom. The minimum absolute atomic E-state index is 0.0276. The van der Waals surface area contributed by atoms with Crippen LogP contribution in [0.3, 0.4) is 0 Å². The van der Waals surface area contributed by atoms with Crippen molar-refractivity contribution in [2.24, 2.45) is 0 Å². The molecule has 30 heavy (non-hydrogen) atoms. The first-order chi connectivity index (χ1) is 14.4. The third-order valence-electron chi connectivity index (χ3n) is 5.21. The number of carbonyl (C=O) groups is 1. The monoisotopic (exact) mass is 431 g/mol. The summed E-state index contributed by atoms with van der Waals surface area (Å²) in [5.41, 5.74) is 2.04. The fourth-order valence-corrected chi connectivity index (χ4v) is 3.77. The van der Waals surface area contributed by atoms with Crippen molar-refractivity contribution in [3.8, 4) is 11.4 Å². The highest BCUT2D eigenvalue weighted by molar-refractivity contribution is 6.30. The SMILES string of the molecule is Cc1c(C(=O)N2CCC(Oc3ccc(F)cc3F)CC2)cnn1-c1cccc(Cl)c1. The molecule has 0 radical (unpaired) electrons. The van der Waals surface area contributed by atoms with Crippen LogP contribution in [0, 0.1) is 18.6 Å². The second-order valence-corrected chi connectivity index (χ2v) is 7.66. The molecule has 3 aromatic rings. The van der Waals surface area contributed by atoms with E-state index in [-0.39, 0.29) is 17.8 Å². The minimum atomic E-state index is -0.724. The first kappa shape index (κ1) is 20.3. The molecule has 5 nitrogen and oxygen atoms in total. The number of aromatic nitrogens is 2. The molecular weight excluding hydrogens is 412 g/mol. The van der Waals surface area contributed by atoms with Gasteiger partial charge in [-0.2, -0.15) is 5.10 Å². The number of amides is 1. The standard InChI is InChI=1S/C22H20ClF2N3O2/c1-14-19(13-26-28(14)17-4-2-3-15(23)11-17)22(29)27-9-7-18(8-10-27)30-21-6-5-16(24)12-20(21)25/h2-6,11-13,18H,7-10H2,1H3. The summed E-state index contributed by atoms with van der Waals surface area (Å²) in [6, 6.07) is 10.5. The van der Waals surface area contributed by atoms with E-state index in [0.717, 1.165) is 23.5 Å². The molecular formula is C22H20ClF2N3O2. The van der Waals surface area contributed by atoms with E-state index in [2.05, 4.69) is 5.10 Å². The van der Waals surface area contributed by atoms with E-state index in [4.69, 9.17) is 16.3 Å². The number of piperidine rings is 1. The van der Waals surface area contributed by atoms with Crippen molar-refractivity contribution in [3.63, 3.8) is 0 Å². The number of hydrogen-bond donors (Lipinski definition) is 0. The normalized spacial score (nSPS) is 14.7. The summed E-state index contributed by atoms with van der Waals surface area (Å²) in [4.78, 5) is 14.7. The van der Waals surface area contributed by atoms with Gasteiger partial charge >= 0.3 is 0 Å². The Morgan fingerprint density at radius 1 is 1.17 bits per heavy atom. The number of ether oxygens (including phenoxy) is 1. The van der Waals surface area contributed by atoms with Crippen LogP contribution in [0.2, 0.25) is 5.02 Å². The van der Waals surface area contributed by atoms with Crippen molar-refractivity contribution >= 4 is 17.5 Å². The topological polar surface area (TPSA) is 47.4 Å². The molecule has 0 unspecified atom stereocenters. The highest BCUT2D eigenvalue weighted by atomic mass is 35.5. The maximum atomic E-state index is 13.8. The van der Waals surface area contributed by atoms with Gasteiger partial charge in [0.2, 0.25) is 0 Å². The molecule has 0 saturated carbocycles. The number of hydrogen-bond acceptors (Lipinski definition) is 3. The second-order valence-electron chi connectivity index (χ2n) is 7.22. The summed E-state index contributed by atoms with van der Waals surface area (Å²) < 4.78 is 34.2. The van der Waals surface area contributed by atoms with Crippen molar-refractivity contribution in [2.75, 3.05) is 13.1 Å². The van der Waals surface area contributed by atoms with Crippen LogP contribution >= 0.6 is 11.6 Å². The minimum Gasteiger partial charge on any atom is -0.487 e. The molecule has 1 aromatic heterocycles. The molecule has 1 fully saturated rings. The fraction of sp³-hybridized carbons (Fsp3) is 0.273. The summed E-state index contributed by atoms with van der Waals surface area (Å²) in [6.45, 7) is 2.80. The molecule has 1 saturated heterocycles. The summed E-state index contributed by atoms with van der Waals surface area (Å²) >= 11 is 6.06. The van der Waals surface area contributed by atoms with Gasteiger partial charge in [-0.25, -0.2) is 13.5 Å². The molecule has 0 aliphatic carbocycles. The van der Waals surface area contributed by atoms with E-state index in [0.29, 0.717) is 36.5 Å². The zero-order valence-electron chi connectivity index (χ0n) is 16.3. The van der Waals surface area contributed by atoms with Crippen LogP contribution in [0.25, 0.3) is 5.69 Å². The van der Waals surface area contributed by atoms with Gasteiger partial charge < -0.3 is 9.64 Å². The zero-order chi connectivity index (χ0) is 21.3. The van der Waals surface area contributed by atoms with Gasteiger partial charge in [-0.15, -0.1) is 0 Å². The van der Waals surface area contributed by atoms with Gasteiger partial charge in [0.05, 0.1) is 23.1 Å². The van der Waals surface area contributed by atoms with Crippen molar-refractivity contribution in [1.29, 1.82) is 0 Å². The second kappa shape index (κ2) is 8.44. The van der Waals surface area contributed by atoms with Crippen LogP contribution in [0.1, 0.15) is 28.9 Å². The van der Waals surface area contributed by atoms with Crippen LogP contribution in [-0.2, 0) is 0 Å². The maximum Gasteiger partial charge on any atom is 0.257 e. The molecule has 1 aliphatic rings. The van der Waals surface area contributed by atoms with Gasteiger partial charge in [0.1, 0.15) is 11.9 Å². The van der Waals surface area contributed by atoms with E-state index in [9.17, 15) is 13.6 Å². The number of likely N-dealkylation sites (tertiary alicyclic amines) is 1. The van der Waals surface area contributed by atoms with Crippen LogP contribution in [0.5, 0.6) is 5.75 Å². The highest BCUT2D eigenvalue weighted by Crippen LogP contribution is 2.24. The smallest absolute Gasteiger partial charge is 0.257 e. The Morgan fingerprint density at radius 2 is 1.93 bits per heavy atom. The fourth-order valence-electron chi connectivity index (χ4n) is 3.59. The van der Waals surface area contributed by atoms with Crippen LogP contribution in [0.15, 0.2) is 48.7 Å². The van der Waals surface area contributed by atoms with Crippen LogP contribution < -0.4 is 4.74 Å². The molecule has 2 heterocycles.